The summed E-state index contributed by atoms with van der Waals surface area (Å²) in [5, 5.41) is 21.7. The van der Waals surface area contributed by atoms with Gasteiger partial charge in [-0.15, -0.1) is 11.3 Å². The molecule has 1 fully saturated rings. The quantitative estimate of drug-likeness (QED) is 0.900. The summed E-state index contributed by atoms with van der Waals surface area (Å²) < 4.78 is 5.60. The molecule has 4 nitrogen and oxygen atoms in total. The number of hydrogen-bond acceptors (Lipinski definition) is 5. The maximum absolute atomic E-state index is 9.74. The van der Waals surface area contributed by atoms with Gasteiger partial charge in [0.25, 0.3) is 0 Å². The molecule has 1 aliphatic heterocycles. The molecule has 1 aromatic heterocycles. The van der Waals surface area contributed by atoms with Crippen LogP contribution in [0.15, 0.2) is 35.7 Å². The molecule has 0 unspecified atom stereocenters. The zero-order chi connectivity index (χ0) is 13.2. The first-order chi connectivity index (χ1) is 9.28. The Bertz CT molecular complexity index is 543. The minimum Gasteiger partial charge on any atom is -0.394 e. The molecule has 1 aliphatic rings. The topological polar surface area (TPSA) is 62.6 Å². The molecule has 2 heterocycles. The van der Waals surface area contributed by atoms with Crippen LogP contribution in [-0.4, -0.2) is 34.0 Å². The van der Waals surface area contributed by atoms with Crippen molar-refractivity contribution in [2.24, 2.45) is 0 Å². The van der Waals surface area contributed by atoms with Gasteiger partial charge in [0.15, 0.2) is 0 Å². The molecule has 1 aromatic carbocycles. The Morgan fingerprint density at radius 1 is 1.32 bits per heavy atom. The molecule has 0 bridgehead atoms. The maximum Gasteiger partial charge on any atom is 0.123 e. The summed E-state index contributed by atoms with van der Waals surface area (Å²) in [6, 6.07) is 9.97. The number of aromatic nitrogens is 1. The molecule has 100 valence electrons. The van der Waals surface area contributed by atoms with Crippen molar-refractivity contribution in [1.29, 1.82) is 0 Å². The number of benzene rings is 1. The van der Waals surface area contributed by atoms with Crippen LogP contribution in [0.4, 0.5) is 0 Å². The van der Waals surface area contributed by atoms with Crippen LogP contribution in [0.1, 0.15) is 18.2 Å². The van der Waals surface area contributed by atoms with E-state index in [1.807, 2.05) is 35.7 Å². The van der Waals surface area contributed by atoms with Crippen LogP contribution in [0.25, 0.3) is 10.6 Å². The summed E-state index contributed by atoms with van der Waals surface area (Å²) in [4.78, 5) is 4.57. The molecule has 0 aliphatic carbocycles. The molecule has 0 radical (unpaired) electrons. The van der Waals surface area contributed by atoms with Crippen molar-refractivity contribution in [3.05, 3.63) is 41.4 Å². The Balaban J connectivity index is 1.79. The van der Waals surface area contributed by atoms with Gasteiger partial charge < -0.3 is 14.9 Å². The van der Waals surface area contributed by atoms with E-state index in [2.05, 4.69) is 4.98 Å². The Labute approximate surface area is 115 Å². The second-order valence-corrected chi connectivity index (χ2v) is 5.45. The summed E-state index contributed by atoms with van der Waals surface area (Å²) in [6.07, 6.45) is -0.840. The molecule has 0 spiro atoms. The zero-order valence-electron chi connectivity index (χ0n) is 10.3. The van der Waals surface area contributed by atoms with E-state index in [1.165, 1.54) is 0 Å². The molecule has 5 heteroatoms. The first-order valence-corrected chi connectivity index (χ1v) is 7.11. The van der Waals surface area contributed by atoms with E-state index < -0.39 is 12.2 Å². The predicted molar refractivity (Wildman–Crippen MR) is 72.9 cm³/mol. The first-order valence-electron chi connectivity index (χ1n) is 6.23. The number of aliphatic hydroxyl groups excluding tert-OH is 2. The summed E-state index contributed by atoms with van der Waals surface area (Å²) in [5.74, 6) is 0. The van der Waals surface area contributed by atoms with Gasteiger partial charge in [0.05, 0.1) is 18.4 Å². The second kappa shape index (κ2) is 5.38. The monoisotopic (exact) mass is 277 g/mol. The second-order valence-electron chi connectivity index (χ2n) is 4.59. The van der Waals surface area contributed by atoms with Gasteiger partial charge in [0, 0.05) is 17.4 Å². The highest BCUT2D eigenvalue weighted by atomic mass is 32.1. The number of ether oxygens (including phenoxy) is 1. The number of thiazole rings is 1. The van der Waals surface area contributed by atoms with Crippen molar-refractivity contribution < 1.29 is 14.9 Å². The van der Waals surface area contributed by atoms with Crippen molar-refractivity contribution in [3.8, 4) is 10.6 Å². The number of nitrogens with zero attached hydrogens (tertiary/aromatic N) is 1. The molecular weight excluding hydrogens is 262 g/mol. The van der Waals surface area contributed by atoms with Gasteiger partial charge >= 0.3 is 0 Å². The third kappa shape index (κ3) is 2.55. The lowest BCUT2D eigenvalue weighted by Gasteiger charge is -2.10. The van der Waals surface area contributed by atoms with E-state index in [0.29, 0.717) is 6.42 Å². The van der Waals surface area contributed by atoms with Crippen molar-refractivity contribution >= 4 is 11.3 Å². The molecule has 3 atom stereocenters. The highest BCUT2D eigenvalue weighted by Crippen LogP contribution is 2.35. The highest BCUT2D eigenvalue weighted by molar-refractivity contribution is 7.13. The lowest BCUT2D eigenvalue weighted by atomic mass is 10.1. The fraction of sp³-hybridized carbons (Fsp3) is 0.357. The van der Waals surface area contributed by atoms with E-state index in [9.17, 15) is 5.11 Å². The van der Waals surface area contributed by atoms with Gasteiger partial charge in [0.1, 0.15) is 17.2 Å². The van der Waals surface area contributed by atoms with Gasteiger partial charge in [-0.05, 0) is 0 Å². The van der Waals surface area contributed by atoms with Crippen LogP contribution in [0, 0.1) is 0 Å². The normalized spacial score (nSPS) is 26.7. The third-order valence-electron chi connectivity index (χ3n) is 3.28. The lowest BCUT2D eigenvalue weighted by molar-refractivity contribution is -0.0234. The average molecular weight is 277 g/mol. The Morgan fingerprint density at radius 2 is 2.11 bits per heavy atom. The molecular formula is C14H15NO3S. The van der Waals surface area contributed by atoms with E-state index in [1.54, 1.807) is 11.3 Å². The van der Waals surface area contributed by atoms with Crippen LogP contribution < -0.4 is 0 Å². The Hall–Kier alpha value is -1.27. The zero-order valence-corrected chi connectivity index (χ0v) is 11.1. The summed E-state index contributed by atoms with van der Waals surface area (Å²) >= 11 is 1.56. The van der Waals surface area contributed by atoms with Crippen molar-refractivity contribution in [3.63, 3.8) is 0 Å². The van der Waals surface area contributed by atoms with Crippen LogP contribution in [0.3, 0.4) is 0 Å². The molecule has 0 amide bonds. The van der Waals surface area contributed by atoms with E-state index >= 15 is 0 Å². The lowest BCUT2D eigenvalue weighted by Crippen LogP contribution is -2.24. The van der Waals surface area contributed by atoms with E-state index in [0.717, 1.165) is 16.3 Å². The summed E-state index contributed by atoms with van der Waals surface area (Å²) in [7, 11) is 0. The van der Waals surface area contributed by atoms with Crippen molar-refractivity contribution in [2.45, 2.75) is 24.7 Å². The van der Waals surface area contributed by atoms with Gasteiger partial charge in [-0.3, -0.25) is 0 Å². The van der Waals surface area contributed by atoms with Gasteiger partial charge in [-0.2, -0.15) is 0 Å². The van der Waals surface area contributed by atoms with Crippen LogP contribution in [-0.2, 0) is 4.74 Å². The third-order valence-corrected chi connectivity index (χ3v) is 4.19. The van der Waals surface area contributed by atoms with E-state index in [-0.39, 0.29) is 12.7 Å². The van der Waals surface area contributed by atoms with Crippen LogP contribution in [0.2, 0.25) is 0 Å². The van der Waals surface area contributed by atoms with Crippen molar-refractivity contribution in [2.75, 3.05) is 6.61 Å². The largest absolute Gasteiger partial charge is 0.394 e. The summed E-state index contributed by atoms with van der Waals surface area (Å²) in [5.41, 5.74) is 1.91. The van der Waals surface area contributed by atoms with Gasteiger partial charge in [0.2, 0.25) is 0 Å². The SMILES string of the molecule is OC[C@H]1O[C@@H](c2csc(-c3ccccc3)n2)C[C@@H]1O. The molecule has 0 saturated carbocycles. The molecule has 3 rings (SSSR count). The average Bonchev–Trinajstić information content (AvgIpc) is 3.06. The number of rotatable bonds is 3. The molecule has 19 heavy (non-hydrogen) atoms. The van der Waals surface area contributed by atoms with Crippen molar-refractivity contribution in [1.82, 2.24) is 4.98 Å². The fourth-order valence-corrected chi connectivity index (χ4v) is 3.10. The summed E-state index contributed by atoms with van der Waals surface area (Å²) in [6.45, 7) is -0.159. The van der Waals surface area contributed by atoms with Gasteiger partial charge in [-0.25, -0.2) is 4.98 Å². The number of hydrogen-bond donors (Lipinski definition) is 2. The minimum atomic E-state index is -0.614. The standard InChI is InChI=1S/C14H15NO3S/c16-7-13-11(17)6-12(18-13)10-8-19-14(15-10)9-4-2-1-3-5-9/h1-5,8,11-13,16-17H,6-7H2/t11-,12+,13+/m0/s1. The Kier molecular flexibility index (Phi) is 3.61. The maximum atomic E-state index is 9.74. The minimum absolute atomic E-state index is 0.159. The Morgan fingerprint density at radius 3 is 2.79 bits per heavy atom. The molecule has 2 aromatic rings. The smallest absolute Gasteiger partial charge is 0.123 e. The fourth-order valence-electron chi connectivity index (χ4n) is 2.23. The first kappa shape index (κ1) is 12.7. The molecule has 1 saturated heterocycles. The van der Waals surface area contributed by atoms with Gasteiger partial charge in [-0.1, -0.05) is 30.3 Å². The highest BCUT2D eigenvalue weighted by Gasteiger charge is 2.35. The van der Waals surface area contributed by atoms with E-state index in [4.69, 9.17) is 9.84 Å². The predicted octanol–water partition coefficient (Wildman–Crippen LogP) is 1.99. The number of aliphatic hydroxyl groups is 2. The van der Waals surface area contributed by atoms with Crippen LogP contribution >= 0.6 is 11.3 Å². The van der Waals surface area contributed by atoms with Crippen LogP contribution in [0.5, 0.6) is 0 Å². The molecule has 2 N–H and O–H groups in total.